The Hall–Kier alpha value is -1.62. The molecule has 1 aromatic carbocycles. The molecule has 112 valence electrons. The van der Waals surface area contributed by atoms with Crippen LogP contribution in [0.1, 0.15) is 38.7 Å². The van der Waals surface area contributed by atoms with E-state index < -0.39 is 0 Å². The van der Waals surface area contributed by atoms with Gasteiger partial charge in [0, 0.05) is 6.07 Å². The van der Waals surface area contributed by atoms with E-state index in [2.05, 4.69) is 19.2 Å². The highest BCUT2D eigenvalue weighted by Crippen LogP contribution is 2.27. The topological polar surface area (TPSA) is 69.0 Å². The van der Waals surface area contributed by atoms with E-state index in [0.29, 0.717) is 18.4 Å². The Kier molecular flexibility index (Phi) is 7.01. The van der Waals surface area contributed by atoms with E-state index in [1.165, 1.54) is 6.42 Å². The van der Waals surface area contributed by atoms with E-state index >= 15 is 0 Å². The van der Waals surface area contributed by atoms with Gasteiger partial charge in [-0.3, -0.25) is 10.1 Å². The molecule has 5 nitrogen and oxygen atoms in total. The summed E-state index contributed by atoms with van der Waals surface area (Å²) in [5.74, 6) is 0.367. The van der Waals surface area contributed by atoms with Gasteiger partial charge < -0.3 is 10.1 Å². The van der Waals surface area contributed by atoms with Gasteiger partial charge in [-0.25, -0.2) is 0 Å². The van der Waals surface area contributed by atoms with Crippen LogP contribution in [0.2, 0.25) is 0 Å². The Morgan fingerprint density at radius 1 is 1.40 bits per heavy atom. The lowest BCUT2D eigenvalue weighted by molar-refractivity contribution is -0.686. The molecule has 0 spiro atoms. The van der Waals surface area contributed by atoms with Gasteiger partial charge in [0.25, 0.3) is 0 Å². The average Bonchev–Trinajstić information content (AvgIpc) is 2.43. The molecule has 1 atom stereocenters. The molecular weight excluding hydrogens is 256 g/mol. The van der Waals surface area contributed by atoms with E-state index in [-0.39, 0.29) is 10.6 Å². The molecule has 5 heteroatoms. The van der Waals surface area contributed by atoms with Gasteiger partial charge >= 0.3 is 5.69 Å². The monoisotopic (exact) mass is 281 g/mol. The zero-order valence-corrected chi connectivity index (χ0v) is 12.6. The van der Waals surface area contributed by atoms with Gasteiger partial charge in [-0.05, 0) is 44.7 Å². The summed E-state index contributed by atoms with van der Waals surface area (Å²) in [4.78, 5) is 10.5. The van der Waals surface area contributed by atoms with Crippen molar-refractivity contribution in [2.24, 2.45) is 0 Å². The quantitative estimate of drug-likeness (QED) is 0.429. The summed E-state index contributed by atoms with van der Waals surface area (Å²) < 4.78 is 5.53. The molecule has 0 saturated heterocycles. The van der Waals surface area contributed by atoms with Gasteiger partial charge in [0.15, 0.2) is 5.75 Å². The van der Waals surface area contributed by atoms with E-state index in [4.69, 9.17) is 4.74 Å². The first-order valence-electron chi connectivity index (χ1n) is 7.25. The van der Waals surface area contributed by atoms with Crippen molar-refractivity contribution in [3.8, 4) is 5.75 Å². The fourth-order valence-corrected chi connectivity index (χ4v) is 1.89. The Balaban J connectivity index is 2.33. The van der Waals surface area contributed by atoms with Crippen LogP contribution in [0, 0.1) is 17.0 Å². The van der Waals surface area contributed by atoms with Crippen molar-refractivity contribution in [2.45, 2.75) is 46.1 Å². The van der Waals surface area contributed by atoms with Gasteiger partial charge in [0.2, 0.25) is 0 Å². The van der Waals surface area contributed by atoms with Crippen molar-refractivity contribution in [1.29, 1.82) is 0 Å². The number of benzene rings is 1. The maximum Gasteiger partial charge on any atom is 0.311 e. The zero-order chi connectivity index (χ0) is 15.0. The lowest BCUT2D eigenvalue weighted by Crippen LogP contribution is -2.89. The number of aryl methyl sites for hydroxylation is 1. The Labute approximate surface area is 120 Å². The summed E-state index contributed by atoms with van der Waals surface area (Å²) in [6.45, 7) is 7.83. The third-order valence-electron chi connectivity index (χ3n) is 3.38. The van der Waals surface area contributed by atoms with Crippen molar-refractivity contribution in [1.82, 2.24) is 0 Å². The molecule has 2 N–H and O–H groups in total. The molecule has 0 radical (unpaired) electrons. The largest absolute Gasteiger partial charge is 0.487 e. The average molecular weight is 281 g/mol. The number of rotatable bonds is 9. The van der Waals surface area contributed by atoms with Crippen LogP contribution in [0.3, 0.4) is 0 Å². The number of hydrogen-bond acceptors (Lipinski definition) is 3. The summed E-state index contributed by atoms with van der Waals surface area (Å²) in [6, 6.07) is 5.72. The summed E-state index contributed by atoms with van der Waals surface area (Å²) in [7, 11) is 0. The number of nitro groups is 1. The predicted molar refractivity (Wildman–Crippen MR) is 79.1 cm³/mol. The van der Waals surface area contributed by atoms with Crippen LogP contribution >= 0.6 is 0 Å². The van der Waals surface area contributed by atoms with Crippen molar-refractivity contribution in [3.63, 3.8) is 0 Å². The lowest BCUT2D eigenvalue weighted by atomic mass is 10.2. The van der Waals surface area contributed by atoms with Crippen molar-refractivity contribution < 1.29 is 15.0 Å². The molecule has 0 bridgehead atoms. The van der Waals surface area contributed by atoms with Gasteiger partial charge in [-0.2, -0.15) is 0 Å². The van der Waals surface area contributed by atoms with E-state index in [0.717, 1.165) is 24.9 Å². The summed E-state index contributed by atoms with van der Waals surface area (Å²) in [5, 5.41) is 13.3. The maximum absolute atomic E-state index is 10.9. The summed E-state index contributed by atoms with van der Waals surface area (Å²) in [6.07, 6.45) is 3.15. The SMILES string of the molecule is CC[C@H](C)[NH2+]CCCCOc1ccc(C)cc1[N+](=O)[O-]. The molecule has 1 aromatic rings. The smallest absolute Gasteiger partial charge is 0.311 e. The van der Waals surface area contributed by atoms with Crippen LogP contribution < -0.4 is 10.1 Å². The molecule has 0 fully saturated rings. The van der Waals surface area contributed by atoms with Gasteiger partial charge in [0.1, 0.15) is 0 Å². The molecule has 0 aliphatic carbocycles. The first kappa shape index (κ1) is 16.4. The van der Waals surface area contributed by atoms with Crippen LogP contribution in [-0.2, 0) is 0 Å². The highest BCUT2D eigenvalue weighted by molar-refractivity contribution is 5.48. The van der Waals surface area contributed by atoms with Gasteiger partial charge in [-0.15, -0.1) is 0 Å². The lowest BCUT2D eigenvalue weighted by Gasteiger charge is -2.09. The number of quaternary nitrogens is 1. The van der Waals surface area contributed by atoms with Gasteiger partial charge in [0.05, 0.1) is 24.1 Å². The molecule has 20 heavy (non-hydrogen) atoms. The fraction of sp³-hybridized carbons (Fsp3) is 0.600. The standard InChI is InChI=1S/C15H24N2O3/c1-4-13(3)16-9-5-6-10-20-15-8-7-12(2)11-14(15)17(18)19/h7-8,11,13,16H,4-6,9-10H2,1-3H3/p+1/t13-/m0/s1. The first-order valence-corrected chi connectivity index (χ1v) is 7.25. The van der Waals surface area contributed by atoms with E-state index in [1.807, 2.05) is 13.0 Å². The molecule has 0 saturated carbocycles. The molecular formula is C15H25N2O3+. The summed E-state index contributed by atoms with van der Waals surface area (Å²) in [5.41, 5.74) is 0.920. The highest BCUT2D eigenvalue weighted by atomic mass is 16.6. The molecule has 0 amide bonds. The van der Waals surface area contributed by atoms with Crippen molar-refractivity contribution >= 4 is 5.69 Å². The van der Waals surface area contributed by atoms with Gasteiger partial charge in [-0.1, -0.05) is 13.0 Å². The maximum atomic E-state index is 10.9. The number of nitrogens with zero attached hydrogens (tertiary/aromatic N) is 1. The molecule has 0 aliphatic rings. The minimum atomic E-state index is -0.390. The number of nitro benzene ring substituents is 1. The number of ether oxygens (including phenoxy) is 1. The Morgan fingerprint density at radius 2 is 2.15 bits per heavy atom. The molecule has 0 aliphatic heterocycles. The number of unbranched alkanes of at least 4 members (excludes halogenated alkanes) is 1. The van der Waals surface area contributed by atoms with E-state index in [1.54, 1.807) is 12.1 Å². The normalized spacial score (nSPS) is 12.2. The third-order valence-corrected chi connectivity index (χ3v) is 3.38. The van der Waals surface area contributed by atoms with E-state index in [9.17, 15) is 10.1 Å². The van der Waals surface area contributed by atoms with Crippen LogP contribution in [0.25, 0.3) is 0 Å². The van der Waals surface area contributed by atoms with Crippen molar-refractivity contribution in [3.05, 3.63) is 33.9 Å². The molecule has 0 aromatic heterocycles. The second kappa shape index (κ2) is 8.53. The Morgan fingerprint density at radius 3 is 2.80 bits per heavy atom. The Bertz CT molecular complexity index is 435. The highest BCUT2D eigenvalue weighted by Gasteiger charge is 2.14. The van der Waals surface area contributed by atoms with Crippen LogP contribution in [0.4, 0.5) is 5.69 Å². The van der Waals surface area contributed by atoms with Crippen LogP contribution in [-0.4, -0.2) is 24.1 Å². The fourth-order valence-electron chi connectivity index (χ4n) is 1.89. The predicted octanol–water partition coefficient (Wildman–Crippen LogP) is 2.42. The first-order chi connectivity index (χ1) is 9.54. The molecule has 0 unspecified atom stereocenters. The second-order valence-corrected chi connectivity index (χ2v) is 5.19. The molecule has 1 rings (SSSR count). The van der Waals surface area contributed by atoms with Crippen LogP contribution in [0.5, 0.6) is 5.75 Å². The van der Waals surface area contributed by atoms with Crippen molar-refractivity contribution in [2.75, 3.05) is 13.2 Å². The minimum absolute atomic E-state index is 0.0520. The third kappa shape index (κ3) is 5.57. The summed E-state index contributed by atoms with van der Waals surface area (Å²) >= 11 is 0. The minimum Gasteiger partial charge on any atom is -0.487 e. The van der Waals surface area contributed by atoms with Crippen LogP contribution in [0.15, 0.2) is 18.2 Å². The number of nitrogens with two attached hydrogens (primary N) is 1. The zero-order valence-electron chi connectivity index (χ0n) is 12.6. The number of hydrogen-bond donors (Lipinski definition) is 1. The second-order valence-electron chi connectivity index (χ2n) is 5.19. The molecule has 0 heterocycles.